The number of carbonyl (C=O) groups is 1. The molecular formula is C15H28N2O. The maximum Gasteiger partial charge on any atom is 0.219 e. The molecule has 3 heteroatoms. The van der Waals surface area contributed by atoms with Crippen LogP contribution in [0.1, 0.15) is 46.5 Å². The summed E-state index contributed by atoms with van der Waals surface area (Å²) in [6.07, 6.45) is 5.18. The molecule has 2 rings (SSSR count). The van der Waals surface area contributed by atoms with Crippen molar-refractivity contribution in [1.82, 2.24) is 9.80 Å². The average molecular weight is 252 g/mol. The summed E-state index contributed by atoms with van der Waals surface area (Å²) >= 11 is 0. The van der Waals surface area contributed by atoms with Gasteiger partial charge in [0, 0.05) is 26.1 Å². The van der Waals surface area contributed by atoms with E-state index in [9.17, 15) is 4.79 Å². The summed E-state index contributed by atoms with van der Waals surface area (Å²) in [5.41, 5.74) is 0. The number of piperidine rings is 2. The molecule has 2 aliphatic rings. The summed E-state index contributed by atoms with van der Waals surface area (Å²) < 4.78 is 0. The normalized spacial score (nSPS) is 24.8. The fourth-order valence-corrected chi connectivity index (χ4v) is 3.59. The van der Waals surface area contributed by atoms with E-state index in [1.807, 2.05) is 4.90 Å². The van der Waals surface area contributed by atoms with Crippen molar-refractivity contribution in [2.75, 3.05) is 26.2 Å². The maximum atomic E-state index is 11.3. The number of nitrogens with zero attached hydrogens (tertiary/aromatic N) is 2. The quantitative estimate of drug-likeness (QED) is 0.753. The van der Waals surface area contributed by atoms with Crippen LogP contribution in [0.3, 0.4) is 0 Å². The number of likely N-dealkylation sites (tertiary alicyclic amines) is 2. The van der Waals surface area contributed by atoms with E-state index in [2.05, 4.69) is 18.7 Å². The zero-order valence-corrected chi connectivity index (χ0v) is 12.2. The van der Waals surface area contributed by atoms with Crippen LogP contribution in [-0.2, 0) is 4.79 Å². The molecule has 0 aliphatic carbocycles. The van der Waals surface area contributed by atoms with E-state index >= 15 is 0 Å². The van der Waals surface area contributed by atoms with Crippen molar-refractivity contribution in [1.29, 1.82) is 0 Å². The summed E-state index contributed by atoms with van der Waals surface area (Å²) in [7, 11) is 0. The Labute approximate surface area is 112 Å². The summed E-state index contributed by atoms with van der Waals surface area (Å²) in [5.74, 6) is 2.03. The number of rotatable bonds is 2. The fourth-order valence-electron chi connectivity index (χ4n) is 3.59. The molecule has 0 bridgehead atoms. The minimum absolute atomic E-state index is 0.253. The molecule has 1 amide bonds. The van der Waals surface area contributed by atoms with Gasteiger partial charge in [0.1, 0.15) is 0 Å². The third-order valence-electron chi connectivity index (χ3n) is 4.96. The molecule has 0 unspecified atom stereocenters. The topological polar surface area (TPSA) is 23.6 Å². The van der Waals surface area contributed by atoms with Crippen molar-refractivity contribution < 1.29 is 4.79 Å². The SMILES string of the molecule is CC(=O)N1CCC(C2CCN(C(C)C)CC2)CC1. The van der Waals surface area contributed by atoms with Gasteiger partial charge in [0.05, 0.1) is 0 Å². The van der Waals surface area contributed by atoms with Crippen LogP contribution in [-0.4, -0.2) is 47.9 Å². The second-order valence-electron chi connectivity index (χ2n) is 6.31. The van der Waals surface area contributed by atoms with Crippen molar-refractivity contribution in [3.8, 4) is 0 Å². The monoisotopic (exact) mass is 252 g/mol. The average Bonchev–Trinajstić information content (AvgIpc) is 2.39. The molecule has 2 aliphatic heterocycles. The predicted molar refractivity (Wildman–Crippen MR) is 74.4 cm³/mol. The smallest absolute Gasteiger partial charge is 0.219 e. The van der Waals surface area contributed by atoms with Crippen LogP contribution in [0.25, 0.3) is 0 Å². The van der Waals surface area contributed by atoms with E-state index in [0.29, 0.717) is 6.04 Å². The molecule has 0 saturated carbocycles. The Morgan fingerprint density at radius 2 is 1.39 bits per heavy atom. The Hall–Kier alpha value is -0.570. The lowest BCUT2D eigenvalue weighted by Crippen LogP contribution is -2.43. The van der Waals surface area contributed by atoms with Gasteiger partial charge in [0.25, 0.3) is 0 Å². The van der Waals surface area contributed by atoms with Gasteiger partial charge >= 0.3 is 0 Å². The molecule has 2 saturated heterocycles. The molecule has 0 radical (unpaired) electrons. The molecule has 0 spiro atoms. The molecule has 104 valence electrons. The van der Waals surface area contributed by atoms with Gasteiger partial charge in [0.2, 0.25) is 5.91 Å². The molecule has 0 aromatic rings. The first-order chi connectivity index (χ1) is 8.58. The van der Waals surface area contributed by atoms with E-state index in [1.165, 1.54) is 38.8 Å². The van der Waals surface area contributed by atoms with Gasteiger partial charge in [-0.05, 0) is 64.5 Å². The second-order valence-corrected chi connectivity index (χ2v) is 6.31. The lowest BCUT2D eigenvalue weighted by molar-refractivity contribution is -0.130. The minimum Gasteiger partial charge on any atom is -0.343 e. The standard InChI is InChI=1S/C15H28N2O/c1-12(2)16-8-4-14(5-9-16)15-6-10-17(11-7-15)13(3)18/h12,14-15H,4-11H2,1-3H3. The highest BCUT2D eigenvalue weighted by Crippen LogP contribution is 2.32. The fraction of sp³-hybridized carbons (Fsp3) is 0.933. The second kappa shape index (κ2) is 6.05. The largest absolute Gasteiger partial charge is 0.343 e. The lowest BCUT2D eigenvalue weighted by Gasteiger charge is -2.41. The highest BCUT2D eigenvalue weighted by Gasteiger charge is 2.30. The highest BCUT2D eigenvalue weighted by molar-refractivity contribution is 5.73. The first kappa shape index (κ1) is 13.9. The Balaban J connectivity index is 1.76. The number of carbonyl (C=O) groups excluding carboxylic acids is 1. The van der Waals surface area contributed by atoms with Crippen LogP contribution >= 0.6 is 0 Å². The van der Waals surface area contributed by atoms with Crippen LogP contribution in [0.2, 0.25) is 0 Å². The zero-order chi connectivity index (χ0) is 13.1. The Morgan fingerprint density at radius 1 is 0.944 bits per heavy atom. The van der Waals surface area contributed by atoms with Gasteiger partial charge in [-0.15, -0.1) is 0 Å². The van der Waals surface area contributed by atoms with Crippen molar-refractivity contribution >= 4 is 5.91 Å². The number of hydrogen-bond donors (Lipinski definition) is 0. The van der Waals surface area contributed by atoms with Crippen LogP contribution in [0, 0.1) is 11.8 Å². The Kier molecular flexibility index (Phi) is 4.66. The van der Waals surface area contributed by atoms with Gasteiger partial charge in [-0.1, -0.05) is 0 Å². The van der Waals surface area contributed by atoms with E-state index in [-0.39, 0.29) is 5.91 Å². The zero-order valence-electron chi connectivity index (χ0n) is 12.2. The summed E-state index contributed by atoms with van der Waals surface area (Å²) in [6.45, 7) is 10.8. The third-order valence-corrected chi connectivity index (χ3v) is 4.96. The van der Waals surface area contributed by atoms with Crippen LogP contribution < -0.4 is 0 Å². The lowest BCUT2D eigenvalue weighted by atomic mass is 9.78. The van der Waals surface area contributed by atoms with Gasteiger partial charge in [-0.2, -0.15) is 0 Å². The predicted octanol–water partition coefficient (Wildman–Crippen LogP) is 2.37. The minimum atomic E-state index is 0.253. The van der Waals surface area contributed by atoms with E-state index in [1.54, 1.807) is 6.92 Å². The van der Waals surface area contributed by atoms with Crippen molar-refractivity contribution in [3.05, 3.63) is 0 Å². The van der Waals surface area contributed by atoms with E-state index in [0.717, 1.165) is 24.9 Å². The molecule has 18 heavy (non-hydrogen) atoms. The van der Waals surface area contributed by atoms with Crippen LogP contribution in [0.4, 0.5) is 0 Å². The first-order valence-corrected chi connectivity index (χ1v) is 7.57. The van der Waals surface area contributed by atoms with E-state index < -0.39 is 0 Å². The van der Waals surface area contributed by atoms with E-state index in [4.69, 9.17) is 0 Å². The number of hydrogen-bond acceptors (Lipinski definition) is 2. The maximum absolute atomic E-state index is 11.3. The third kappa shape index (κ3) is 3.25. The molecule has 0 aromatic heterocycles. The summed E-state index contributed by atoms with van der Waals surface area (Å²) in [6, 6.07) is 0.700. The van der Waals surface area contributed by atoms with Gasteiger partial charge < -0.3 is 9.80 Å². The first-order valence-electron chi connectivity index (χ1n) is 7.57. The molecule has 2 fully saturated rings. The molecule has 2 heterocycles. The Bertz CT molecular complexity index is 274. The summed E-state index contributed by atoms with van der Waals surface area (Å²) in [5, 5.41) is 0. The van der Waals surface area contributed by atoms with Crippen molar-refractivity contribution in [2.45, 2.75) is 52.5 Å². The summed E-state index contributed by atoms with van der Waals surface area (Å²) in [4.78, 5) is 15.9. The number of amides is 1. The van der Waals surface area contributed by atoms with Crippen molar-refractivity contribution in [3.63, 3.8) is 0 Å². The van der Waals surface area contributed by atoms with Gasteiger partial charge in [-0.3, -0.25) is 4.79 Å². The molecule has 0 aromatic carbocycles. The van der Waals surface area contributed by atoms with Gasteiger partial charge in [0.15, 0.2) is 0 Å². The molecular weight excluding hydrogens is 224 g/mol. The molecule has 3 nitrogen and oxygen atoms in total. The molecule has 0 atom stereocenters. The van der Waals surface area contributed by atoms with Crippen LogP contribution in [0.5, 0.6) is 0 Å². The highest BCUT2D eigenvalue weighted by atomic mass is 16.2. The van der Waals surface area contributed by atoms with Crippen molar-refractivity contribution in [2.24, 2.45) is 11.8 Å². The Morgan fingerprint density at radius 3 is 1.78 bits per heavy atom. The molecule has 0 N–H and O–H groups in total. The van der Waals surface area contributed by atoms with Gasteiger partial charge in [-0.25, -0.2) is 0 Å². The van der Waals surface area contributed by atoms with Crippen LogP contribution in [0.15, 0.2) is 0 Å².